The smallest absolute Gasteiger partial charge is 0.261 e. The summed E-state index contributed by atoms with van der Waals surface area (Å²) in [5.41, 5.74) is 0.796. The van der Waals surface area contributed by atoms with E-state index in [1.54, 1.807) is 13.0 Å². The first kappa shape index (κ1) is 21.2. The summed E-state index contributed by atoms with van der Waals surface area (Å²) >= 11 is 0. The number of sulfone groups is 1. The molecule has 0 aliphatic carbocycles. The molecule has 1 aromatic heterocycles. The van der Waals surface area contributed by atoms with Gasteiger partial charge in [-0.25, -0.2) is 12.8 Å². The summed E-state index contributed by atoms with van der Waals surface area (Å²) in [4.78, 5) is 12.9. The molecule has 3 aromatic rings. The van der Waals surface area contributed by atoms with Crippen molar-refractivity contribution in [1.82, 2.24) is 10.2 Å². The molecule has 30 heavy (non-hydrogen) atoms. The van der Waals surface area contributed by atoms with E-state index in [1.165, 1.54) is 43.5 Å². The van der Waals surface area contributed by atoms with Crippen LogP contribution in [0.15, 0.2) is 53.4 Å². The highest BCUT2D eigenvalue weighted by molar-refractivity contribution is 7.90. The van der Waals surface area contributed by atoms with E-state index in [9.17, 15) is 17.6 Å². The standard InChI is InChI=1S/C20H18FN3O5S/c1-12-9-16(19(25)22-14-5-4-6-15(11-14)30(3,26)27)20(24-23-12)29-17-8-7-13(21)10-18(17)28-2/h4-11H,1-3H3,(H,22,25). The second-order valence-electron chi connectivity index (χ2n) is 6.36. The zero-order chi connectivity index (χ0) is 21.9. The van der Waals surface area contributed by atoms with Gasteiger partial charge in [0.25, 0.3) is 11.8 Å². The van der Waals surface area contributed by atoms with Gasteiger partial charge in [0, 0.05) is 18.0 Å². The number of amides is 1. The number of hydrogen-bond donors (Lipinski definition) is 1. The fraction of sp³-hybridized carbons (Fsp3) is 0.150. The van der Waals surface area contributed by atoms with Crippen molar-refractivity contribution in [3.8, 4) is 17.4 Å². The molecule has 1 N–H and O–H groups in total. The number of hydrogen-bond acceptors (Lipinski definition) is 7. The fourth-order valence-electron chi connectivity index (χ4n) is 2.55. The SMILES string of the molecule is COc1cc(F)ccc1Oc1nnc(C)cc1C(=O)Nc1cccc(S(C)(=O)=O)c1. The van der Waals surface area contributed by atoms with E-state index < -0.39 is 21.6 Å². The van der Waals surface area contributed by atoms with Crippen LogP contribution in [0.2, 0.25) is 0 Å². The molecule has 0 aliphatic rings. The Kier molecular flexibility index (Phi) is 5.97. The Morgan fingerprint density at radius 2 is 1.83 bits per heavy atom. The van der Waals surface area contributed by atoms with Crippen LogP contribution in [0.4, 0.5) is 10.1 Å². The molecule has 1 heterocycles. The number of aromatic nitrogens is 2. The Balaban J connectivity index is 1.93. The second-order valence-corrected chi connectivity index (χ2v) is 8.37. The van der Waals surface area contributed by atoms with E-state index in [4.69, 9.17) is 9.47 Å². The first-order valence-corrected chi connectivity index (χ1v) is 10.5. The Morgan fingerprint density at radius 3 is 2.53 bits per heavy atom. The van der Waals surface area contributed by atoms with Crippen LogP contribution in [0.25, 0.3) is 0 Å². The van der Waals surface area contributed by atoms with Crippen molar-refractivity contribution in [2.75, 3.05) is 18.7 Å². The lowest BCUT2D eigenvalue weighted by Crippen LogP contribution is -2.15. The lowest BCUT2D eigenvalue weighted by molar-refractivity contribution is 0.102. The van der Waals surface area contributed by atoms with Gasteiger partial charge in [-0.15, -0.1) is 5.10 Å². The van der Waals surface area contributed by atoms with Crippen LogP contribution in [0, 0.1) is 12.7 Å². The second kappa shape index (κ2) is 8.46. The molecular weight excluding hydrogens is 413 g/mol. The molecule has 0 saturated heterocycles. The van der Waals surface area contributed by atoms with Crippen LogP contribution in [0.3, 0.4) is 0 Å². The van der Waals surface area contributed by atoms with E-state index in [0.717, 1.165) is 12.3 Å². The lowest BCUT2D eigenvalue weighted by atomic mass is 10.2. The highest BCUT2D eigenvalue weighted by Crippen LogP contribution is 2.32. The number of methoxy groups -OCH3 is 1. The number of carbonyl (C=O) groups excluding carboxylic acids is 1. The minimum Gasteiger partial charge on any atom is -0.493 e. The summed E-state index contributed by atoms with van der Waals surface area (Å²) < 4.78 is 47.6. The summed E-state index contributed by atoms with van der Waals surface area (Å²) in [7, 11) is -2.08. The molecule has 3 rings (SSSR count). The van der Waals surface area contributed by atoms with Gasteiger partial charge in [-0.2, -0.15) is 5.10 Å². The van der Waals surface area contributed by atoms with Crippen molar-refractivity contribution < 1.29 is 27.1 Å². The van der Waals surface area contributed by atoms with Crippen LogP contribution in [-0.2, 0) is 9.84 Å². The predicted molar refractivity (Wildman–Crippen MR) is 107 cm³/mol. The number of benzene rings is 2. The Labute approximate surface area is 172 Å². The number of nitrogens with one attached hydrogen (secondary N) is 1. The maximum atomic E-state index is 13.4. The zero-order valence-corrected chi connectivity index (χ0v) is 17.2. The predicted octanol–water partition coefficient (Wildman–Crippen LogP) is 3.38. The molecule has 10 heteroatoms. The highest BCUT2D eigenvalue weighted by Gasteiger charge is 2.19. The van der Waals surface area contributed by atoms with Crippen LogP contribution < -0.4 is 14.8 Å². The molecule has 0 saturated carbocycles. The molecule has 156 valence electrons. The van der Waals surface area contributed by atoms with Crippen molar-refractivity contribution in [2.45, 2.75) is 11.8 Å². The van der Waals surface area contributed by atoms with E-state index in [1.807, 2.05) is 0 Å². The summed E-state index contributed by atoms with van der Waals surface area (Å²) in [5, 5.41) is 10.4. The van der Waals surface area contributed by atoms with E-state index in [-0.39, 0.29) is 33.5 Å². The lowest BCUT2D eigenvalue weighted by Gasteiger charge is -2.13. The number of aryl methyl sites for hydroxylation is 1. The number of anilines is 1. The van der Waals surface area contributed by atoms with Gasteiger partial charge in [0.05, 0.1) is 17.7 Å². The third kappa shape index (κ3) is 4.90. The number of ether oxygens (including phenoxy) is 2. The minimum atomic E-state index is -3.44. The molecule has 0 atom stereocenters. The number of carbonyl (C=O) groups is 1. The largest absolute Gasteiger partial charge is 0.493 e. The molecule has 0 aliphatic heterocycles. The maximum absolute atomic E-state index is 13.4. The molecule has 0 bridgehead atoms. The van der Waals surface area contributed by atoms with Crippen LogP contribution in [0.5, 0.6) is 17.4 Å². The topological polar surface area (TPSA) is 107 Å². The summed E-state index contributed by atoms with van der Waals surface area (Å²) in [6.07, 6.45) is 1.08. The number of nitrogens with zero attached hydrogens (tertiary/aromatic N) is 2. The van der Waals surface area contributed by atoms with E-state index in [0.29, 0.717) is 5.69 Å². The highest BCUT2D eigenvalue weighted by atomic mass is 32.2. The molecule has 0 fully saturated rings. The zero-order valence-electron chi connectivity index (χ0n) is 16.3. The summed E-state index contributed by atoms with van der Waals surface area (Å²) in [5.74, 6) is -0.968. The maximum Gasteiger partial charge on any atom is 0.261 e. The van der Waals surface area contributed by atoms with Gasteiger partial charge in [0.1, 0.15) is 11.4 Å². The third-order valence-corrected chi connectivity index (χ3v) is 5.09. The van der Waals surface area contributed by atoms with Crippen molar-refractivity contribution in [3.05, 3.63) is 65.6 Å². The Bertz CT molecular complexity index is 1210. The Hall–Kier alpha value is -3.53. The van der Waals surface area contributed by atoms with Crippen molar-refractivity contribution in [3.63, 3.8) is 0 Å². The normalized spacial score (nSPS) is 11.1. The van der Waals surface area contributed by atoms with Gasteiger partial charge >= 0.3 is 0 Å². The van der Waals surface area contributed by atoms with Gasteiger partial charge in [0.2, 0.25) is 0 Å². The van der Waals surface area contributed by atoms with Gasteiger partial charge in [-0.05, 0) is 43.3 Å². The third-order valence-electron chi connectivity index (χ3n) is 3.98. The van der Waals surface area contributed by atoms with Crippen LogP contribution in [0.1, 0.15) is 16.1 Å². The minimum absolute atomic E-state index is 0.0543. The molecule has 0 spiro atoms. The van der Waals surface area contributed by atoms with E-state index >= 15 is 0 Å². The van der Waals surface area contributed by atoms with Crippen molar-refractivity contribution in [1.29, 1.82) is 0 Å². The van der Waals surface area contributed by atoms with Gasteiger partial charge in [-0.3, -0.25) is 4.79 Å². The fourth-order valence-corrected chi connectivity index (χ4v) is 3.22. The van der Waals surface area contributed by atoms with Gasteiger partial charge in [0.15, 0.2) is 21.3 Å². The first-order chi connectivity index (χ1) is 14.2. The molecule has 0 radical (unpaired) electrons. The Morgan fingerprint density at radius 1 is 1.07 bits per heavy atom. The van der Waals surface area contributed by atoms with Crippen LogP contribution >= 0.6 is 0 Å². The first-order valence-electron chi connectivity index (χ1n) is 8.64. The molecular formula is C20H18FN3O5S. The van der Waals surface area contributed by atoms with Gasteiger partial charge in [-0.1, -0.05) is 6.07 Å². The number of rotatable bonds is 6. The van der Waals surface area contributed by atoms with Crippen molar-refractivity contribution in [2.24, 2.45) is 0 Å². The average molecular weight is 431 g/mol. The molecule has 2 aromatic carbocycles. The molecule has 0 unspecified atom stereocenters. The van der Waals surface area contributed by atoms with Gasteiger partial charge < -0.3 is 14.8 Å². The molecule has 1 amide bonds. The quantitative estimate of drug-likeness (QED) is 0.637. The summed E-state index contributed by atoms with van der Waals surface area (Å²) in [6, 6.07) is 11.0. The van der Waals surface area contributed by atoms with E-state index in [2.05, 4.69) is 15.5 Å². The average Bonchev–Trinajstić information content (AvgIpc) is 2.70. The molecule has 8 nitrogen and oxygen atoms in total. The van der Waals surface area contributed by atoms with Crippen molar-refractivity contribution >= 4 is 21.4 Å². The summed E-state index contributed by atoms with van der Waals surface area (Å²) in [6.45, 7) is 1.65. The van der Waals surface area contributed by atoms with Crippen LogP contribution in [-0.4, -0.2) is 37.9 Å². The monoisotopic (exact) mass is 431 g/mol. The number of halogens is 1.